The summed E-state index contributed by atoms with van der Waals surface area (Å²) >= 11 is 2.01. The van der Waals surface area contributed by atoms with Crippen LogP contribution in [0.5, 0.6) is 0 Å². The van der Waals surface area contributed by atoms with Crippen LogP contribution in [0.3, 0.4) is 0 Å². The Morgan fingerprint density at radius 3 is 2.60 bits per heavy atom. The molecule has 2 unspecified atom stereocenters. The second-order valence-corrected chi connectivity index (χ2v) is 6.13. The molecule has 0 aromatic heterocycles. The Balaban J connectivity index is 1.78. The third-order valence-corrected chi connectivity index (χ3v) is 4.98. The zero-order valence-corrected chi connectivity index (χ0v) is 10.4. The molecule has 0 amide bonds. The first-order chi connectivity index (χ1) is 7.29. The Morgan fingerprint density at radius 2 is 1.93 bits per heavy atom. The molecule has 0 aromatic carbocycles. The minimum absolute atomic E-state index is 0.0837. The van der Waals surface area contributed by atoms with E-state index in [1.54, 1.807) is 0 Å². The van der Waals surface area contributed by atoms with Gasteiger partial charge in [0.05, 0.1) is 6.10 Å². The topological polar surface area (TPSA) is 32.3 Å². The first kappa shape index (κ1) is 11.7. The van der Waals surface area contributed by atoms with E-state index < -0.39 is 0 Å². The molecular weight excluding hydrogens is 206 g/mol. The predicted molar refractivity (Wildman–Crippen MR) is 66.3 cm³/mol. The van der Waals surface area contributed by atoms with Crippen molar-refractivity contribution < 1.29 is 5.11 Å². The van der Waals surface area contributed by atoms with Crippen LogP contribution in [0.25, 0.3) is 0 Å². The van der Waals surface area contributed by atoms with Gasteiger partial charge in [0, 0.05) is 17.3 Å². The van der Waals surface area contributed by atoms with Gasteiger partial charge >= 0.3 is 0 Å². The highest BCUT2D eigenvalue weighted by molar-refractivity contribution is 7.99. The minimum atomic E-state index is -0.0837. The van der Waals surface area contributed by atoms with Gasteiger partial charge in [0.25, 0.3) is 0 Å². The molecule has 3 heteroatoms. The smallest absolute Gasteiger partial charge is 0.0693 e. The molecule has 2 N–H and O–H groups in total. The van der Waals surface area contributed by atoms with Crippen LogP contribution in [0, 0.1) is 0 Å². The van der Waals surface area contributed by atoms with Crippen LogP contribution in [-0.4, -0.2) is 34.8 Å². The lowest BCUT2D eigenvalue weighted by atomic mass is 9.94. The van der Waals surface area contributed by atoms with Gasteiger partial charge in [-0.2, -0.15) is 11.8 Å². The minimum Gasteiger partial charge on any atom is -0.392 e. The first-order valence-electron chi connectivity index (χ1n) is 6.26. The van der Waals surface area contributed by atoms with Gasteiger partial charge in [0.15, 0.2) is 0 Å². The summed E-state index contributed by atoms with van der Waals surface area (Å²) < 4.78 is 0. The standard InChI is InChI=1S/C12H23NOS/c1-15-10-5-2-4-9(8-10)13-11-6-3-7-12(11)14/h9-14H,2-8H2,1H3/t9?,10?,11-,12-/m0/s1. The Morgan fingerprint density at radius 1 is 1.13 bits per heavy atom. The van der Waals surface area contributed by atoms with E-state index >= 15 is 0 Å². The lowest BCUT2D eigenvalue weighted by Gasteiger charge is -2.31. The Bertz CT molecular complexity index is 200. The molecule has 88 valence electrons. The molecule has 2 saturated carbocycles. The van der Waals surface area contributed by atoms with Gasteiger partial charge in [0.1, 0.15) is 0 Å². The van der Waals surface area contributed by atoms with Gasteiger partial charge in [-0.1, -0.05) is 6.42 Å². The lowest BCUT2D eigenvalue weighted by molar-refractivity contribution is 0.138. The van der Waals surface area contributed by atoms with Gasteiger partial charge in [-0.15, -0.1) is 0 Å². The fourth-order valence-corrected chi connectivity index (χ4v) is 3.78. The normalized spacial score (nSPS) is 42.0. The first-order valence-corrected chi connectivity index (χ1v) is 7.55. The van der Waals surface area contributed by atoms with Crippen molar-refractivity contribution in [1.82, 2.24) is 5.32 Å². The second kappa shape index (κ2) is 5.55. The Labute approximate surface area is 97.2 Å². The number of aliphatic hydroxyl groups excluding tert-OH is 1. The fourth-order valence-electron chi connectivity index (χ4n) is 2.95. The number of aliphatic hydroxyl groups is 1. The molecule has 0 aromatic rings. The van der Waals surface area contributed by atoms with Crippen molar-refractivity contribution in [3.63, 3.8) is 0 Å². The molecule has 4 atom stereocenters. The summed E-state index contributed by atoms with van der Waals surface area (Å²) in [5.74, 6) is 0. The molecule has 0 aliphatic heterocycles. The zero-order valence-electron chi connectivity index (χ0n) is 9.61. The van der Waals surface area contributed by atoms with Crippen LogP contribution in [0.4, 0.5) is 0 Å². The molecule has 2 aliphatic carbocycles. The van der Waals surface area contributed by atoms with E-state index in [4.69, 9.17) is 0 Å². The van der Waals surface area contributed by atoms with Crippen LogP contribution in [0.2, 0.25) is 0 Å². The molecule has 0 bridgehead atoms. The third-order valence-electron chi connectivity index (χ3n) is 3.89. The quantitative estimate of drug-likeness (QED) is 0.778. The monoisotopic (exact) mass is 229 g/mol. The van der Waals surface area contributed by atoms with E-state index in [1.165, 1.54) is 38.5 Å². The van der Waals surface area contributed by atoms with Gasteiger partial charge < -0.3 is 10.4 Å². The molecule has 0 saturated heterocycles. The summed E-state index contributed by atoms with van der Waals surface area (Å²) in [6, 6.07) is 1.05. The van der Waals surface area contributed by atoms with Crippen molar-refractivity contribution >= 4 is 11.8 Å². The second-order valence-electron chi connectivity index (χ2n) is 4.99. The van der Waals surface area contributed by atoms with Crippen molar-refractivity contribution in [1.29, 1.82) is 0 Å². The molecular formula is C12H23NOS. The van der Waals surface area contributed by atoms with Crippen LogP contribution < -0.4 is 5.32 Å². The lowest BCUT2D eigenvalue weighted by Crippen LogP contribution is -2.45. The van der Waals surface area contributed by atoms with E-state index in [2.05, 4.69) is 11.6 Å². The maximum atomic E-state index is 9.77. The molecule has 0 spiro atoms. The molecule has 2 aliphatic rings. The molecule has 0 heterocycles. The van der Waals surface area contributed by atoms with E-state index in [0.717, 1.165) is 11.7 Å². The van der Waals surface area contributed by atoms with Gasteiger partial charge in [-0.05, 0) is 44.8 Å². The Hall–Kier alpha value is 0.270. The highest BCUT2D eigenvalue weighted by atomic mass is 32.2. The maximum absolute atomic E-state index is 9.77. The van der Waals surface area contributed by atoms with Crippen LogP contribution in [-0.2, 0) is 0 Å². The number of rotatable bonds is 3. The largest absolute Gasteiger partial charge is 0.392 e. The van der Waals surface area contributed by atoms with Gasteiger partial charge in [0.2, 0.25) is 0 Å². The van der Waals surface area contributed by atoms with Gasteiger partial charge in [-0.3, -0.25) is 0 Å². The third kappa shape index (κ3) is 3.11. The average molecular weight is 229 g/mol. The predicted octanol–water partition coefficient (Wildman–Crippen LogP) is 2.16. The number of nitrogens with one attached hydrogen (secondary N) is 1. The highest BCUT2D eigenvalue weighted by Crippen LogP contribution is 2.28. The SMILES string of the molecule is CSC1CCCC(N[C@H]2CCC[C@@H]2O)C1. The summed E-state index contributed by atoms with van der Waals surface area (Å²) in [5, 5.41) is 14.3. The summed E-state index contributed by atoms with van der Waals surface area (Å²) in [7, 11) is 0. The molecule has 2 nitrogen and oxygen atoms in total. The van der Waals surface area contributed by atoms with E-state index in [0.29, 0.717) is 12.1 Å². The van der Waals surface area contributed by atoms with E-state index in [1.807, 2.05) is 11.8 Å². The van der Waals surface area contributed by atoms with Crippen LogP contribution >= 0.6 is 11.8 Å². The van der Waals surface area contributed by atoms with Crippen molar-refractivity contribution in [2.75, 3.05) is 6.26 Å². The fraction of sp³-hybridized carbons (Fsp3) is 1.00. The molecule has 0 radical (unpaired) electrons. The maximum Gasteiger partial charge on any atom is 0.0693 e. The van der Waals surface area contributed by atoms with Crippen LogP contribution in [0.1, 0.15) is 44.9 Å². The summed E-state index contributed by atoms with van der Waals surface area (Å²) in [4.78, 5) is 0. The summed E-state index contributed by atoms with van der Waals surface area (Å²) in [6.45, 7) is 0. The van der Waals surface area contributed by atoms with Crippen molar-refractivity contribution in [2.45, 2.75) is 68.4 Å². The van der Waals surface area contributed by atoms with Gasteiger partial charge in [-0.25, -0.2) is 0 Å². The average Bonchev–Trinajstić information content (AvgIpc) is 2.65. The molecule has 2 rings (SSSR count). The molecule has 2 fully saturated rings. The van der Waals surface area contributed by atoms with Crippen LogP contribution in [0.15, 0.2) is 0 Å². The van der Waals surface area contributed by atoms with Crippen molar-refractivity contribution in [3.05, 3.63) is 0 Å². The number of hydrogen-bond donors (Lipinski definition) is 2. The number of thioether (sulfide) groups is 1. The number of hydrogen-bond acceptors (Lipinski definition) is 3. The Kier molecular flexibility index (Phi) is 4.35. The summed E-state index contributed by atoms with van der Waals surface area (Å²) in [6.07, 6.45) is 10.8. The highest BCUT2D eigenvalue weighted by Gasteiger charge is 2.29. The van der Waals surface area contributed by atoms with E-state index in [-0.39, 0.29) is 6.10 Å². The van der Waals surface area contributed by atoms with E-state index in [9.17, 15) is 5.11 Å². The zero-order chi connectivity index (χ0) is 10.7. The van der Waals surface area contributed by atoms with Crippen molar-refractivity contribution in [3.8, 4) is 0 Å². The molecule has 15 heavy (non-hydrogen) atoms. The van der Waals surface area contributed by atoms with Crippen molar-refractivity contribution in [2.24, 2.45) is 0 Å². The summed E-state index contributed by atoms with van der Waals surface area (Å²) in [5.41, 5.74) is 0.